The van der Waals surface area contributed by atoms with E-state index in [1.54, 1.807) is 12.2 Å². The Balaban J connectivity index is 1.59. The standard InChI is InChI=1S/C27H29F3IN5O5/c1-36-10-8-15(9-11-36)33-23(37)17-12-22(39-2)20(13-19(17)28)34-26-32-14-18(27(29,30)31)24(35-26)41-21-7-5-4-6-16(21)25(38)40-3/h4-6,12-15,21H,7-11H2,1-3H3,(H,33,37)(H,32,34,35). The van der Waals surface area contributed by atoms with Crippen LogP contribution in [0.1, 0.15) is 35.2 Å². The number of halogens is 4. The van der Waals surface area contributed by atoms with E-state index in [1.807, 2.05) is 7.05 Å². The van der Waals surface area contributed by atoms with Gasteiger partial charge in [-0.05, 0) is 45.1 Å². The molecule has 2 N–H and O–H groups in total. The Morgan fingerprint density at radius 1 is 1.20 bits per heavy atom. The maximum atomic E-state index is 15.1. The van der Waals surface area contributed by atoms with Crippen molar-refractivity contribution in [2.24, 2.45) is 0 Å². The van der Waals surface area contributed by atoms with Crippen molar-refractivity contribution in [2.75, 3.05) is 39.7 Å². The highest BCUT2D eigenvalue weighted by Gasteiger charge is 2.35. The van der Waals surface area contributed by atoms with Crippen LogP contribution in [0.25, 0.3) is 0 Å². The van der Waals surface area contributed by atoms with E-state index in [4.69, 9.17) is 14.2 Å². The van der Waals surface area contributed by atoms with Crippen LogP contribution >= 0.6 is 22.6 Å². The quantitative estimate of drug-likeness (QED) is 0.224. The summed E-state index contributed by atoms with van der Waals surface area (Å²) in [6.45, 7) is 1.65. The molecule has 4 rings (SSSR count). The van der Waals surface area contributed by atoms with Crippen molar-refractivity contribution in [1.29, 1.82) is 0 Å². The minimum absolute atomic E-state index is 0.0523. The van der Waals surface area contributed by atoms with Gasteiger partial charge in [-0.25, -0.2) is 14.2 Å². The molecule has 2 aliphatic rings. The zero-order chi connectivity index (χ0) is 29.7. The Labute approximate surface area is 248 Å². The van der Waals surface area contributed by atoms with Gasteiger partial charge < -0.3 is 29.7 Å². The van der Waals surface area contributed by atoms with Gasteiger partial charge in [0.15, 0.2) is 0 Å². The molecule has 1 aromatic carbocycles. The van der Waals surface area contributed by atoms with Crippen LogP contribution in [0.2, 0.25) is 0 Å². The average molecular weight is 687 g/mol. The number of esters is 1. The van der Waals surface area contributed by atoms with E-state index in [0.717, 1.165) is 60.8 Å². The fourth-order valence-corrected chi connectivity index (χ4v) is 4.78. The molecule has 0 radical (unpaired) electrons. The van der Waals surface area contributed by atoms with Crippen LogP contribution in [0.3, 0.4) is 0 Å². The molecule has 1 aromatic heterocycles. The van der Waals surface area contributed by atoms with E-state index in [-0.39, 0.29) is 41.0 Å². The van der Waals surface area contributed by atoms with E-state index in [2.05, 4.69) is 25.5 Å². The molecule has 1 aliphatic heterocycles. The summed E-state index contributed by atoms with van der Waals surface area (Å²) in [7, 11) is 4.54. The summed E-state index contributed by atoms with van der Waals surface area (Å²) in [6.07, 6.45) is 6.46. The van der Waals surface area contributed by atoms with E-state index >= 15 is 4.39 Å². The zero-order valence-corrected chi connectivity index (χ0v) is 24.7. The van der Waals surface area contributed by atoms with Gasteiger partial charge in [0.05, 0.1) is 31.0 Å². The molecule has 2 aromatic rings. The molecular formula is C27H29F3IN5O5. The summed E-state index contributed by atoms with van der Waals surface area (Å²) < 4.78 is 56.4. The number of hydrogen-bond donors (Lipinski definition) is 2. The van der Waals surface area contributed by atoms with Crippen molar-refractivity contribution >= 4 is 46.1 Å². The van der Waals surface area contributed by atoms with Crippen molar-refractivity contribution in [3.05, 3.63) is 59.1 Å². The third kappa shape index (κ3) is 7.47. The van der Waals surface area contributed by atoms with Crippen LogP contribution in [-0.4, -0.2) is 73.2 Å². The summed E-state index contributed by atoms with van der Waals surface area (Å²) >= 11 is 0.926. The first kappa shape index (κ1) is 30.6. The van der Waals surface area contributed by atoms with Crippen LogP contribution in [0.15, 0.2) is 42.1 Å². The minimum Gasteiger partial charge on any atom is -0.495 e. The lowest BCUT2D eigenvalue weighted by Crippen LogP contribution is -2.43. The van der Waals surface area contributed by atoms with Gasteiger partial charge in [0.1, 0.15) is 23.2 Å². The second-order valence-corrected chi connectivity index (χ2v) is 10.9. The van der Waals surface area contributed by atoms with E-state index in [0.29, 0.717) is 0 Å². The Kier molecular flexibility index (Phi) is 9.73. The maximum absolute atomic E-state index is 15.1. The number of piperidine rings is 1. The highest BCUT2D eigenvalue weighted by molar-refractivity contribution is 14.1. The van der Waals surface area contributed by atoms with Gasteiger partial charge >= 0.3 is 9.90 Å². The number of nitrogens with one attached hydrogen (secondary N) is 2. The number of likely N-dealkylation sites (tertiary alicyclic amines) is 1. The highest BCUT2D eigenvalue weighted by Crippen LogP contribution is 2.41. The summed E-state index contributed by atoms with van der Waals surface area (Å²) in [6, 6.07) is 2.21. The molecule has 14 heteroatoms. The van der Waals surface area contributed by atoms with Gasteiger partial charge in [0, 0.05) is 47.3 Å². The third-order valence-corrected chi connectivity index (χ3v) is 7.26. The normalized spacial score (nSPS) is 17.9. The number of anilines is 2. The number of alkyl halides is 3. The number of rotatable bonds is 9. The number of methoxy groups -OCH3 is 2. The molecule has 1 saturated heterocycles. The van der Waals surface area contributed by atoms with Gasteiger partial charge in [-0.1, -0.05) is 12.2 Å². The van der Waals surface area contributed by atoms with Crippen molar-refractivity contribution in [2.45, 2.75) is 35.3 Å². The number of nitrogens with zero attached hydrogens (tertiary/aromatic N) is 3. The van der Waals surface area contributed by atoms with E-state index in [9.17, 15) is 18.4 Å². The first-order valence-electron chi connectivity index (χ1n) is 12.7. The Bertz CT molecular complexity index is 1360. The molecule has 1 unspecified atom stereocenters. The Morgan fingerprint density at radius 3 is 2.59 bits per heavy atom. The van der Waals surface area contributed by atoms with Gasteiger partial charge in [0.2, 0.25) is 11.8 Å². The lowest BCUT2D eigenvalue weighted by Gasteiger charge is -2.29. The summed E-state index contributed by atoms with van der Waals surface area (Å²) in [5, 5.41) is 5.61. The lowest BCUT2D eigenvalue weighted by atomic mass is 10.0. The van der Waals surface area contributed by atoms with Crippen molar-refractivity contribution in [1.82, 2.24) is 20.2 Å². The number of allylic oxidation sites excluding steroid dienone is 2. The Morgan fingerprint density at radius 2 is 1.93 bits per heavy atom. The molecular weight excluding hydrogens is 658 g/mol. The van der Waals surface area contributed by atoms with Crippen LogP contribution in [0.4, 0.5) is 24.8 Å². The fourth-order valence-electron chi connectivity index (χ4n) is 4.41. The van der Waals surface area contributed by atoms with Crippen molar-refractivity contribution in [3.8, 4) is 11.6 Å². The fraction of sp³-hybridized carbons (Fsp3) is 0.407. The number of carbonyl (C=O) groups is 2. The molecule has 1 atom stereocenters. The smallest absolute Gasteiger partial charge is 0.337 e. The number of hydrogen-bond acceptors (Lipinski definition) is 9. The lowest BCUT2D eigenvalue weighted by molar-refractivity contribution is -0.137. The zero-order valence-electron chi connectivity index (χ0n) is 22.5. The Hall–Kier alpha value is -3.40. The molecule has 220 valence electrons. The average Bonchev–Trinajstić information content (AvgIpc) is 2.93. The summed E-state index contributed by atoms with van der Waals surface area (Å²) in [4.78, 5) is 35.2. The molecule has 0 saturated carbocycles. The molecule has 0 spiro atoms. The molecule has 1 fully saturated rings. The summed E-state index contributed by atoms with van der Waals surface area (Å²) in [5.41, 5.74) is -0.648. The first-order valence-corrected chi connectivity index (χ1v) is 13.8. The van der Waals surface area contributed by atoms with Gasteiger partial charge in [-0.15, -0.1) is 0 Å². The first-order chi connectivity index (χ1) is 19.5. The van der Waals surface area contributed by atoms with E-state index in [1.165, 1.54) is 26.4 Å². The maximum Gasteiger partial charge on any atom is 0.337 e. The van der Waals surface area contributed by atoms with Crippen LogP contribution < -0.4 is 20.1 Å². The van der Waals surface area contributed by atoms with Crippen LogP contribution in [0, 0.1) is 5.82 Å². The number of carbonyl (C=O) groups excluding carboxylic acids is 2. The molecule has 1 aliphatic carbocycles. The van der Waals surface area contributed by atoms with Crippen molar-refractivity contribution in [3.63, 3.8) is 0 Å². The summed E-state index contributed by atoms with van der Waals surface area (Å²) in [5.74, 6) is -2.66. The SMILES string of the molecule is COC(=O)C1=CC=CCC1Oc1nc(Nc2cc(F)c(C(=O)NC3CCN(C)CC3)cc2OC)ncc1C(F)(F)I. The van der Waals surface area contributed by atoms with E-state index < -0.39 is 39.2 Å². The molecule has 41 heavy (non-hydrogen) atoms. The topological polar surface area (TPSA) is 115 Å². The largest absolute Gasteiger partial charge is 0.495 e. The highest BCUT2D eigenvalue weighted by atomic mass is 127. The molecule has 1 amide bonds. The third-order valence-electron chi connectivity index (χ3n) is 6.68. The van der Waals surface area contributed by atoms with Crippen LogP contribution in [0.5, 0.6) is 11.6 Å². The number of aromatic nitrogens is 2. The number of amides is 1. The predicted octanol–water partition coefficient (Wildman–Crippen LogP) is 4.48. The second-order valence-electron chi connectivity index (χ2n) is 9.50. The van der Waals surface area contributed by atoms with Gasteiger partial charge in [0.25, 0.3) is 5.91 Å². The molecule has 2 heterocycles. The molecule has 0 bridgehead atoms. The number of benzene rings is 1. The predicted molar refractivity (Wildman–Crippen MR) is 152 cm³/mol. The van der Waals surface area contributed by atoms with Crippen molar-refractivity contribution < 1.29 is 37.0 Å². The van der Waals surface area contributed by atoms with Gasteiger partial charge in [-0.2, -0.15) is 13.8 Å². The second kappa shape index (κ2) is 13.1. The monoisotopic (exact) mass is 687 g/mol. The number of ether oxygens (including phenoxy) is 3. The van der Waals surface area contributed by atoms with Crippen LogP contribution in [-0.2, 0) is 13.5 Å². The van der Waals surface area contributed by atoms with Gasteiger partial charge in [-0.3, -0.25) is 4.79 Å². The minimum atomic E-state index is -3.40. The molecule has 10 nitrogen and oxygen atoms in total.